The lowest BCUT2D eigenvalue weighted by Crippen LogP contribution is -1.80. The molecule has 0 unspecified atom stereocenters. The van der Waals surface area contributed by atoms with Crippen molar-refractivity contribution in [3.63, 3.8) is 0 Å². The van der Waals surface area contributed by atoms with E-state index >= 15 is 0 Å². The van der Waals surface area contributed by atoms with Crippen molar-refractivity contribution in [2.24, 2.45) is 10.2 Å². The molecular formula is C12H10FN3. The van der Waals surface area contributed by atoms with Crippen LogP contribution >= 0.6 is 0 Å². The zero-order valence-corrected chi connectivity index (χ0v) is 8.47. The van der Waals surface area contributed by atoms with Crippen molar-refractivity contribution in [3.8, 4) is 0 Å². The van der Waals surface area contributed by atoms with Crippen LogP contribution in [0.1, 0.15) is 0 Å². The number of nitrogen functional groups attached to an aromatic ring is 1. The van der Waals surface area contributed by atoms with E-state index in [1.165, 1.54) is 12.1 Å². The predicted octanol–water partition coefficient (Wildman–Crippen LogP) is 3.82. The third kappa shape index (κ3) is 2.63. The summed E-state index contributed by atoms with van der Waals surface area (Å²) in [6.45, 7) is 0. The number of hydrogen-bond acceptors (Lipinski definition) is 3. The van der Waals surface area contributed by atoms with Crippen molar-refractivity contribution < 1.29 is 4.39 Å². The molecule has 0 amide bonds. The molecule has 3 nitrogen and oxygen atoms in total. The fraction of sp³-hybridized carbons (Fsp3) is 0. The summed E-state index contributed by atoms with van der Waals surface area (Å²) in [7, 11) is 0. The molecule has 0 fully saturated rings. The number of nitrogens with two attached hydrogens (primary N) is 1. The van der Waals surface area contributed by atoms with E-state index in [1.54, 1.807) is 36.4 Å². The molecule has 0 spiro atoms. The predicted molar refractivity (Wildman–Crippen MR) is 61.4 cm³/mol. The Morgan fingerprint density at radius 2 is 1.19 bits per heavy atom. The number of azo groups is 1. The van der Waals surface area contributed by atoms with Crippen LogP contribution in [0, 0.1) is 5.82 Å². The fourth-order valence-corrected chi connectivity index (χ4v) is 1.16. The van der Waals surface area contributed by atoms with E-state index in [0.29, 0.717) is 17.1 Å². The normalized spacial score (nSPS) is 10.8. The Hall–Kier alpha value is -2.23. The average molecular weight is 215 g/mol. The summed E-state index contributed by atoms with van der Waals surface area (Å²) in [5.41, 5.74) is 7.53. The standard InChI is InChI=1S/C12H10FN3/c13-9-1-5-11(6-2-9)15-16-12-7-3-10(14)4-8-12/h1-8H,14H2. The lowest BCUT2D eigenvalue weighted by atomic mass is 10.3. The van der Waals surface area contributed by atoms with Gasteiger partial charge in [-0.2, -0.15) is 10.2 Å². The molecule has 0 saturated heterocycles. The second-order valence-electron chi connectivity index (χ2n) is 3.27. The molecule has 0 saturated carbocycles. The Labute approximate surface area is 92.4 Å². The molecule has 0 aliphatic rings. The Morgan fingerprint density at radius 1 is 0.750 bits per heavy atom. The summed E-state index contributed by atoms with van der Waals surface area (Å²) in [6.07, 6.45) is 0. The number of halogens is 1. The highest BCUT2D eigenvalue weighted by atomic mass is 19.1. The number of benzene rings is 2. The maximum absolute atomic E-state index is 12.6. The minimum atomic E-state index is -0.286. The molecule has 0 bridgehead atoms. The van der Waals surface area contributed by atoms with Gasteiger partial charge in [-0.3, -0.25) is 0 Å². The highest BCUT2D eigenvalue weighted by Crippen LogP contribution is 2.19. The molecule has 0 heterocycles. The van der Waals surface area contributed by atoms with E-state index in [2.05, 4.69) is 10.2 Å². The van der Waals surface area contributed by atoms with Gasteiger partial charge in [0, 0.05) is 5.69 Å². The maximum Gasteiger partial charge on any atom is 0.123 e. The first kappa shape index (κ1) is 10.3. The molecule has 0 aliphatic heterocycles. The Balaban J connectivity index is 2.15. The third-order valence-corrected chi connectivity index (χ3v) is 2.00. The summed E-state index contributed by atoms with van der Waals surface area (Å²) in [6, 6.07) is 12.9. The maximum atomic E-state index is 12.6. The number of nitrogens with zero attached hydrogens (tertiary/aromatic N) is 2. The van der Waals surface area contributed by atoms with Crippen molar-refractivity contribution in [1.29, 1.82) is 0 Å². The zero-order valence-electron chi connectivity index (χ0n) is 8.47. The minimum absolute atomic E-state index is 0.286. The Bertz CT molecular complexity index is 441. The SMILES string of the molecule is Nc1ccc(N=Nc2ccc(F)cc2)cc1. The van der Waals surface area contributed by atoms with Crippen LogP contribution < -0.4 is 5.73 Å². The summed E-state index contributed by atoms with van der Waals surface area (Å²) in [4.78, 5) is 0. The molecule has 2 aromatic rings. The van der Waals surface area contributed by atoms with E-state index in [9.17, 15) is 4.39 Å². The summed E-state index contributed by atoms with van der Waals surface area (Å²) in [5, 5.41) is 7.96. The van der Waals surface area contributed by atoms with Gasteiger partial charge >= 0.3 is 0 Å². The van der Waals surface area contributed by atoms with Crippen LogP contribution in [0.3, 0.4) is 0 Å². The van der Waals surface area contributed by atoms with Crippen molar-refractivity contribution in [2.75, 3.05) is 5.73 Å². The first-order valence-electron chi connectivity index (χ1n) is 4.77. The average Bonchev–Trinajstić information content (AvgIpc) is 2.30. The molecule has 16 heavy (non-hydrogen) atoms. The van der Waals surface area contributed by atoms with E-state index in [1.807, 2.05) is 0 Å². The van der Waals surface area contributed by atoms with Gasteiger partial charge in [0.15, 0.2) is 0 Å². The highest BCUT2D eigenvalue weighted by Gasteiger charge is 1.92. The van der Waals surface area contributed by atoms with Gasteiger partial charge in [-0.1, -0.05) is 0 Å². The summed E-state index contributed by atoms with van der Waals surface area (Å²) in [5.74, 6) is -0.286. The number of hydrogen-bond donors (Lipinski definition) is 1. The molecule has 2 aromatic carbocycles. The van der Waals surface area contributed by atoms with Gasteiger partial charge in [0.25, 0.3) is 0 Å². The topological polar surface area (TPSA) is 50.7 Å². The van der Waals surface area contributed by atoms with Gasteiger partial charge in [0.05, 0.1) is 11.4 Å². The summed E-state index contributed by atoms with van der Waals surface area (Å²) < 4.78 is 12.6. The van der Waals surface area contributed by atoms with Gasteiger partial charge in [0.1, 0.15) is 5.82 Å². The molecule has 2 rings (SSSR count). The molecule has 0 aromatic heterocycles. The summed E-state index contributed by atoms with van der Waals surface area (Å²) >= 11 is 0. The lowest BCUT2D eigenvalue weighted by Gasteiger charge is -1.94. The van der Waals surface area contributed by atoms with Crippen molar-refractivity contribution >= 4 is 17.1 Å². The second-order valence-corrected chi connectivity index (χ2v) is 3.27. The van der Waals surface area contributed by atoms with E-state index in [4.69, 9.17) is 5.73 Å². The van der Waals surface area contributed by atoms with Gasteiger partial charge in [-0.25, -0.2) is 4.39 Å². The van der Waals surface area contributed by atoms with Crippen LogP contribution in [0.25, 0.3) is 0 Å². The van der Waals surface area contributed by atoms with Gasteiger partial charge < -0.3 is 5.73 Å². The smallest absolute Gasteiger partial charge is 0.123 e. The van der Waals surface area contributed by atoms with Crippen molar-refractivity contribution in [2.45, 2.75) is 0 Å². The van der Waals surface area contributed by atoms with Gasteiger partial charge in [-0.15, -0.1) is 0 Å². The van der Waals surface area contributed by atoms with Gasteiger partial charge in [-0.05, 0) is 48.5 Å². The van der Waals surface area contributed by atoms with Crippen LogP contribution in [-0.2, 0) is 0 Å². The molecule has 0 aliphatic carbocycles. The molecular weight excluding hydrogens is 205 g/mol. The molecule has 2 N–H and O–H groups in total. The molecule has 80 valence electrons. The minimum Gasteiger partial charge on any atom is -0.399 e. The fourth-order valence-electron chi connectivity index (χ4n) is 1.16. The third-order valence-electron chi connectivity index (χ3n) is 2.00. The quantitative estimate of drug-likeness (QED) is 0.600. The van der Waals surface area contributed by atoms with Crippen LogP contribution in [0.4, 0.5) is 21.5 Å². The van der Waals surface area contributed by atoms with E-state index in [-0.39, 0.29) is 5.82 Å². The lowest BCUT2D eigenvalue weighted by molar-refractivity contribution is 0.628. The van der Waals surface area contributed by atoms with Crippen LogP contribution in [0.2, 0.25) is 0 Å². The molecule has 0 atom stereocenters. The zero-order chi connectivity index (χ0) is 11.4. The Kier molecular flexibility index (Phi) is 2.91. The van der Waals surface area contributed by atoms with E-state index < -0.39 is 0 Å². The van der Waals surface area contributed by atoms with Gasteiger partial charge in [0.2, 0.25) is 0 Å². The van der Waals surface area contributed by atoms with E-state index in [0.717, 1.165) is 0 Å². The van der Waals surface area contributed by atoms with Crippen molar-refractivity contribution in [3.05, 3.63) is 54.3 Å². The number of rotatable bonds is 2. The Morgan fingerprint density at radius 3 is 1.69 bits per heavy atom. The largest absolute Gasteiger partial charge is 0.399 e. The monoisotopic (exact) mass is 215 g/mol. The second kappa shape index (κ2) is 4.53. The molecule has 4 heteroatoms. The number of anilines is 1. The highest BCUT2D eigenvalue weighted by molar-refractivity contribution is 5.48. The first-order valence-corrected chi connectivity index (χ1v) is 4.77. The van der Waals surface area contributed by atoms with Crippen LogP contribution in [0.15, 0.2) is 58.8 Å². The first-order chi connectivity index (χ1) is 7.74. The van der Waals surface area contributed by atoms with Crippen LogP contribution in [-0.4, -0.2) is 0 Å². The molecule has 0 radical (unpaired) electrons. The van der Waals surface area contributed by atoms with Crippen molar-refractivity contribution in [1.82, 2.24) is 0 Å². The van der Waals surface area contributed by atoms with Crippen LogP contribution in [0.5, 0.6) is 0 Å².